The Bertz CT molecular complexity index is 1190. The highest BCUT2D eigenvalue weighted by Crippen LogP contribution is 2.24. The Hall–Kier alpha value is -3.61. The molecule has 0 saturated carbocycles. The zero-order valence-electron chi connectivity index (χ0n) is 14.5. The minimum Gasteiger partial charge on any atom is -0.322 e. The molecular weight excluding hydrogens is 435 g/mol. The third-order valence-corrected chi connectivity index (χ3v) is 4.99. The van der Waals surface area contributed by atoms with E-state index in [1.54, 1.807) is 0 Å². The van der Waals surface area contributed by atoms with Crippen LogP contribution in [0.15, 0.2) is 47.6 Å². The second-order valence-corrected chi connectivity index (χ2v) is 7.28. The molecule has 0 unspecified atom stereocenters. The van der Waals surface area contributed by atoms with Crippen molar-refractivity contribution in [2.75, 3.05) is 10.0 Å². The average Bonchev–Trinajstić information content (AvgIpc) is 2.72. The van der Waals surface area contributed by atoms with Crippen LogP contribution in [0.2, 0.25) is 0 Å². The number of aromatic nitrogens is 2. The van der Waals surface area contributed by atoms with Crippen LogP contribution in [0.25, 0.3) is 0 Å². The Morgan fingerprint density at radius 2 is 1.30 bits per heavy atom. The zero-order chi connectivity index (χ0) is 22.1. The van der Waals surface area contributed by atoms with Crippen molar-refractivity contribution in [2.24, 2.45) is 0 Å². The third kappa shape index (κ3) is 4.05. The van der Waals surface area contributed by atoms with E-state index in [4.69, 9.17) is 0 Å². The van der Waals surface area contributed by atoms with Gasteiger partial charge in [0, 0.05) is 18.1 Å². The normalized spacial score (nSPS) is 11.2. The van der Waals surface area contributed by atoms with Gasteiger partial charge in [-0.1, -0.05) is 0 Å². The quantitative estimate of drug-likeness (QED) is 0.358. The lowest BCUT2D eigenvalue weighted by molar-refractivity contribution is 0.101. The molecule has 3 aromatic rings. The molecule has 30 heavy (non-hydrogen) atoms. The van der Waals surface area contributed by atoms with E-state index in [0.717, 1.165) is 24.3 Å². The molecule has 0 atom stereocenters. The number of benzene rings is 2. The molecule has 0 spiro atoms. The first-order chi connectivity index (χ1) is 14.1. The maximum atomic E-state index is 13.7. The highest BCUT2D eigenvalue weighted by atomic mass is 32.2. The Morgan fingerprint density at radius 3 is 1.83 bits per heavy atom. The van der Waals surface area contributed by atoms with Crippen molar-refractivity contribution >= 4 is 27.6 Å². The van der Waals surface area contributed by atoms with Crippen LogP contribution in [-0.2, 0) is 10.0 Å². The second kappa shape index (κ2) is 8.02. The molecular formula is C17H9F5N4O3S. The Labute approximate surface area is 165 Å². The number of nitrogens with zero attached hydrogens (tertiary/aromatic N) is 2. The average molecular weight is 444 g/mol. The molecule has 0 aliphatic carbocycles. The lowest BCUT2D eigenvalue weighted by atomic mass is 10.1. The van der Waals surface area contributed by atoms with Gasteiger partial charge in [-0.25, -0.2) is 45.1 Å². The van der Waals surface area contributed by atoms with Gasteiger partial charge in [0.15, 0.2) is 23.3 Å². The summed E-state index contributed by atoms with van der Waals surface area (Å²) >= 11 is 0. The monoisotopic (exact) mass is 444 g/mol. The highest BCUT2D eigenvalue weighted by molar-refractivity contribution is 7.92. The van der Waals surface area contributed by atoms with Gasteiger partial charge in [0.2, 0.25) is 11.8 Å². The van der Waals surface area contributed by atoms with Gasteiger partial charge in [0.05, 0.1) is 4.90 Å². The van der Waals surface area contributed by atoms with E-state index in [1.807, 2.05) is 5.32 Å². The van der Waals surface area contributed by atoms with E-state index >= 15 is 0 Å². The topological polar surface area (TPSA) is 101 Å². The fourth-order valence-corrected chi connectivity index (χ4v) is 3.20. The first-order valence-electron chi connectivity index (χ1n) is 7.84. The largest absolute Gasteiger partial charge is 0.322 e. The van der Waals surface area contributed by atoms with E-state index in [2.05, 4.69) is 14.7 Å². The number of sulfonamides is 1. The van der Waals surface area contributed by atoms with E-state index < -0.39 is 50.6 Å². The van der Waals surface area contributed by atoms with E-state index in [0.29, 0.717) is 0 Å². The molecule has 13 heteroatoms. The summed E-state index contributed by atoms with van der Waals surface area (Å²) in [6.45, 7) is 0. The molecule has 0 aliphatic heterocycles. The van der Waals surface area contributed by atoms with Crippen LogP contribution in [0.1, 0.15) is 10.4 Å². The van der Waals surface area contributed by atoms with Crippen molar-refractivity contribution in [1.82, 2.24) is 9.97 Å². The summed E-state index contributed by atoms with van der Waals surface area (Å²) in [6.07, 6.45) is 2.62. The standard InChI is InChI=1S/C17H9F5N4O3S/c18-11-10(12(19)14(21)15(22)13(11)20)16(27)25-8-2-4-9(5-3-8)30(28,29)26-17-23-6-1-7-24-17/h1-7H,(H,25,27)(H,23,24,26). The van der Waals surface area contributed by atoms with E-state index in [1.165, 1.54) is 18.5 Å². The Morgan fingerprint density at radius 1 is 0.800 bits per heavy atom. The first kappa shape index (κ1) is 21.1. The predicted octanol–water partition coefficient (Wildman–Crippen LogP) is 3.23. The van der Waals surface area contributed by atoms with Crippen LogP contribution in [0.3, 0.4) is 0 Å². The van der Waals surface area contributed by atoms with Crippen molar-refractivity contribution in [3.8, 4) is 0 Å². The number of amides is 1. The van der Waals surface area contributed by atoms with Crippen LogP contribution in [0.5, 0.6) is 0 Å². The summed E-state index contributed by atoms with van der Waals surface area (Å²) in [6, 6.07) is 5.62. The van der Waals surface area contributed by atoms with Crippen LogP contribution in [0, 0.1) is 29.1 Å². The Balaban J connectivity index is 1.82. The van der Waals surface area contributed by atoms with Crippen molar-refractivity contribution in [2.45, 2.75) is 4.90 Å². The minimum atomic E-state index is -4.09. The fourth-order valence-electron chi connectivity index (χ4n) is 2.25. The maximum absolute atomic E-state index is 13.7. The second-order valence-electron chi connectivity index (χ2n) is 5.60. The number of halogens is 5. The van der Waals surface area contributed by atoms with Crippen LogP contribution in [0.4, 0.5) is 33.6 Å². The van der Waals surface area contributed by atoms with Gasteiger partial charge in [-0.15, -0.1) is 0 Å². The molecule has 2 aromatic carbocycles. The van der Waals surface area contributed by atoms with Crippen LogP contribution in [-0.4, -0.2) is 24.3 Å². The summed E-state index contributed by atoms with van der Waals surface area (Å²) in [5.74, 6) is -13.3. The molecule has 0 bridgehead atoms. The Kier molecular flexibility index (Phi) is 5.64. The fraction of sp³-hybridized carbons (Fsp3) is 0. The first-order valence-corrected chi connectivity index (χ1v) is 9.33. The molecule has 2 N–H and O–H groups in total. The number of anilines is 2. The van der Waals surface area contributed by atoms with Gasteiger partial charge in [-0.05, 0) is 30.3 Å². The van der Waals surface area contributed by atoms with Crippen molar-refractivity contribution in [3.63, 3.8) is 0 Å². The van der Waals surface area contributed by atoms with Crippen molar-refractivity contribution in [3.05, 3.63) is 77.4 Å². The van der Waals surface area contributed by atoms with Crippen LogP contribution >= 0.6 is 0 Å². The van der Waals surface area contributed by atoms with Gasteiger partial charge in [0.25, 0.3) is 15.9 Å². The number of nitrogens with one attached hydrogen (secondary N) is 2. The molecule has 1 heterocycles. The summed E-state index contributed by atoms with van der Waals surface area (Å²) in [5, 5.41) is 1.93. The lowest BCUT2D eigenvalue weighted by Gasteiger charge is -2.10. The van der Waals surface area contributed by atoms with Crippen molar-refractivity contribution in [1.29, 1.82) is 0 Å². The summed E-state index contributed by atoms with van der Waals surface area (Å²) in [5.41, 5.74) is -1.84. The smallest absolute Gasteiger partial charge is 0.264 e. The highest BCUT2D eigenvalue weighted by Gasteiger charge is 2.29. The molecule has 0 saturated heterocycles. The van der Waals surface area contributed by atoms with Gasteiger partial charge < -0.3 is 5.32 Å². The summed E-state index contributed by atoms with van der Waals surface area (Å²) < 4.78 is 93.6. The lowest BCUT2D eigenvalue weighted by Crippen LogP contribution is -2.19. The van der Waals surface area contributed by atoms with E-state index in [9.17, 15) is 35.2 Å². The molecule has 1 aromatic heterocycles. The van der Waals surface area contributed by atoms with Gasteiger partial charge >= 0.3 is 0 Å². The number of carbonyl (C=O) groups is 1. The molecule has 0 fully saturated rings. The third-order valence-electron chi connectivity index (χ3n) is 3.65. The van der Waals surface area contributed by atoms with Gasteiger partial charge in [0.1, 0.15) is 5.56 Å². The number of rotatable bonds is 5. The van der Waals surface area contributed by atoms with Gasteiger partial charge in [-0.2, -0.15) is 0 Å². The molecule has 3 rings (SSSR count). The number of carbonyl (C=O) groups excluding carboxylic acids is 1. The molecule has 0 radical (unpaired) electrons. The summed E-state index contributed by atoms with van der Waals surface area (Å²) in [7, 11) is -4.09. The number of hydrogen-bond acceptors (Lipinski definition) is 5. The molecule has 1 amide bonds. The summed E-state index contributed by atoms with van der Waals surface area (Å²) in [4.78, 5) is 19.1. The SMILES string of the molecule is O=C(Nc1ccc(S(=O)(=O)Nc2ncccn2)cc1)c1c(F)c(F)c(F)c(F)c1F. The van der Waals surface area contributed by atoms with Crippen LogP contribution < -0.4 is 10.0 Å². The van der Waals surface area contributed by atoms with Gasteiger partial charge in [-0.3, -0.25) is 4.79 Å². The van der Waals surface area contributed by atoms with E-state index in [-0.39, 0.29) is 16.5 Å². The predicted molar refractivity (Wildman–Crippen MR) is 93.5 cm³/mol. The zero-order valence-corrected chi connectivity index (χ0v) is 15.3. The molecule has 156 valence electrons. The minimum absolute atomic E-state index is 0.168. The maximum Gasteiger partial charge on any atom is 0.264 e. The number of hydrogen-bond donors (Lipinski definition) is 2. The molecule has 0 aliphatic rings. The van der Waals surface area contributed by atoms with Crippen molar-refractivity contribution < 1.29 is 35.2 Å². The molecule has 7 nitrogen and oxygen atoms in total.